The van der Waals surface area contributed by atoms with Gasteiger partial charge in [-0.25, -0.2) is 19.9 Å². The third-order valence-corrected chi connectivity index (χ3v) is 12.5. The van der Waals surface area contributed by atoms with Crippen LogP contribution in [-0.2, 0) is 14.4 Å². The van der Waals surface area contributed by atoms with Crippen LogP contribution in [0, 0.1) is 12.8 Å². The van der Waals surface area contributed by atoms with Crippen LogP contribution in [0.25, 0.3) is 11.2 Å². The third kappa shape index (κ3) is 7.90. The maximum atomic E-state index is 13.2. The lowest BCUT2D eigenvalue weighted by atomic mass is 9.86. The zero-order valence-corrected chi connectivity index (χ0v) is 33.3. The van der Waals surface area contributed by atoms with Crippen molar-refractivity contribution in [1.29, 1.82) is 0 Å². The number of piperidine rings is 3. The van der Waals surface area contributed by atoms with Crippen molar-refractivity contribution in [2.45, 2.75) is 82.5 Å². The maximum absolute atomic E-state index is 13.2. The zero-order chi connectivity index (χ0) is 41.5. The molecule has 3 aromatic heterocycles. The van der Waals surface area contributed by atoms with E-state index in [0.29, 0.717) is 24.7 Å². The molecule has 18 heteroatoms. The number of imidazole rings is 1. The van der Waals surface area contributed by atoms with Gasteiger partial charge in [0.15, 0.2) is 18.1 Å². The number of fused-ring (bicyclic) bond motifs is 2. The highest BCUT2D eigenvalue weighted by molar-refractivity contribution is 6.23. The van der Waals surface area contributed by atoms with E-state index in [-0.39, 0.29) is 66.3 Å². The molecule has 60 heavy (non-hydrogen) atoms. The van der Waals surface area contributed by atoms with E-state index in [4.69, 9.17) is 9.72 Å². The van der Waals surface area contributed by atoms with Crippen LogP contribution in [-0.4, -0.2) is 132 Å². The first kappa shape index (κ1) is 39.2. The first-order chi connectivity index (χ1) is 29.1. The average Bonchev–Trinajstić information content (AvgIpc) is 3.77. The highest BCUT2D eigenvalue weighted by atomic mass is 16.5. The molecule has 18 nitrogen and oxygen atoms in total. The number of aryl methyl sites for hydroxylation is 1. The number of hydrogen-bond donors (Lipinski definition) is 3. The highest BCUT2D eigenvalue weighted by Crippen LogP contribution is 2.36. The van der Waals surface area contributed by atoms with Crippen molar-refractivity contribution in [3.63, 3.8) is 0 Å². The van der Waals surface area contributed by atoms with E-state index in [1.165, 1.54) is 12.1 Å². The average molecular weight is 818 g/mol. The summed E-state index contributed by atoms with van der Waals surface area (Å²) in [6.45, 7) is 5.85. The van der Waals surface area contributed by atoms with E-state index in [1.807, 2.05) is 30.3 Å². The van der Waals surface area contributed by atoms with E-state index in [1.54, 1.807) is 18.5 Å². The van der Waals surface area contributed by atoms with E-state index in [2.05, 4.69) is 40.4 Å². The van der Waals surface area contributed by atoms with E-state index >= 15 is 0 Å². The summed E-state index contributed by atoms with van der Waals surface area (Å²) < 4.78 is 7.87. The molecule has 312 valence electrons. The molecule has 4 aromatic rings. The first-order valence-corrected chi connectivity index (χ1v) is 20.7. The van der Waals surface area contributed by atoms with Gasteiger partial charge in [0.2, 0.25) is 11.8 Å². The van der Waals surface area contributed by atoms with Crippen molar-refractivity contribution in [3.8, 4) is 5.75 Å². The number of nitrogens with one attached hydrogen (secondary N) is 3. The maximum Gasteiger partial charge on any atom is 0.270 e. The second kappa shape index (κ2) is 16.4. The largest absolute Gasteiger partial charge is 0.484 e. The zero-order valence-electron chi connectivity index (χ0n) is 33.3. The number of likely N-dealkylation sites (tertiary alicyclic amines) is 2. The van der Waals surface area contributed by atoms with Crippen molar-refractivity contribution >= 4 is 52.4 Å². The molecule has 1 aliphatic carbocycles. The Morgan fingerprint density at radius 1 is 0.883 bits per heavy atom. The summed E-state index contributed by atoms with van der Waals surface area (Å²) in [7, 11) is 0. The Labute approximate surface area is 345 Å². The minimum atomic E-state index is -1.05. The summed E-state index contributed by atoms with van der Waals surface area (Å²) in [6.07, 6.45) is 8.85. The predicted molar refractivity (Wildman–Crippen MR) is 215 cm³/mol. The number of ether oxygens (including phenoxy) is 1. The molecule has 3 N–H and O–H groups in total. The quantitative estimate of drug-likeness (QED) is 0.186. The van der Waals surface area contributed by atoms with Crippen LogP contribution in [0.3, 0.4) is 0 Å². The summed E-state index contributed by atoms with van der Waals surface area (Å²) >= 11 is 0. The molecule has 1 atom stereocenters. The molecule has 1 aromatic carbocycles. The Bertz CT molecular complexity index is 2360. The van der Waals surface area contributed by atoms with Crippen LogP contribution < -0.4 is 20.7 Å². The standard InChI is InChI=1S/C42H47N11O7/c1-24-3-2-4-32(46-24)39(56)48-27-17-28(18-27)52-23-45-36-37(43-22-44-38(36)52)47-26-11-13-50(14-12-26)20-25-9-15-51(16-10-25)35(55)21-60-29-5-6-30-31(19-29)42(59)53(41(30)58)33-7-8-34(54)49-40(33)57/h2-6,19,22-23,25-28,33H,7-18,20-21H2,1H3,(H,48,56)(H,43,44,47)(H,49,54,57). The number of imide groups is 2. The highest BCUT2D eigenvalue weighted by Gasteiger charge is 2.45. The molecule has 5 aliphatic rings. The van der Waals surface area contributed by atoms with Crippen LogP contribution in [0.5, 0.6) is 5.75 Å². The number of anilines is 1. The molecule has 1 unspecified atom stereocenters. The smallest absolute Gasteiger partial charge is 0.270 e. The first-order valence-electron chi connectivity index (χ1n) is 20.7. The number of rotatable bonds is 11. The molecule has 0 spiro atoms. The molecule has 1 saturated carbocycles. The van der Waals surface area contributed by atoms with Gasteiger partial charge >= 0.3 is 0 Å². The Kier molecular flexibility index (Phi) is 10.7. The topological polar surface area (TPSA) is 214 Å². The Hall–Kier alpha value is -6.30. The van der Waals surface area contributed by atoms with Crippen LogP contribution >= 0.6 is 0 Å². The summed E-state index contributed by atoms with van der Waals surface area (Å²) in [5.41, 5.74) is 3.04. The lowest BCUT2D eigenvalue weighted by molar-refractivity contribution is -0.136. The fraction of sp³-hybridized carbons (Fsp3) is 0.476. The number of amides is 6. The summed E-state index contributed by atoms with van der Waals surface area (Å²) in [5.74, 6) is -1.12. The SMILES string of the molecule is Cc1cccc(C(=O)NC2CC(n3cnc4c(NC5CCN(CC6CCN(C(=O)COc7ccc8c(c7)C(=O)N(C7CCC(=O)NC7=O)C8=O)CC6)CC5)ncnc43)C2)n1. The van der Waals surface area contributed by atoms with Crippen molar-refractivity contribution in [1.82, 2.24) is 49.8 Å². The molecule has 6 amide bonds. The number of pyridine rings is 1. The minimum absolute atomic E-state index is 0.0419. The van der Waals surface area contributed by atoms with Crippen LogP contribution in [0.15, 0.2) is 49.1 Å². The van der Waals surface area contributed by atoms with Gasteiger partial charge in [-0.15, -0.1) is 0 Å². The summed E-state index contributed by atoms with van der Waals surface area (Å²) in [4.78, 5) is 99.2. The molecule has 4 fully saturated rings. The predicted octanol–water partition coefficient (Wildman–Crippen LogP) is 2.26. The molecular formula is C42H47N11O7. The molecule has 4 aliphatic heterocycles. The number of carbonyl (C=O) groups excluding carboxylic acids is 6. The number of carbonyl (C=O) groups is 6. The van der Waals surface area contributed by atoms with Crippen molar-refractivity contribution in [2.75, 3.05) is 44.6 Å². The number of aromatic nitrogens is 5. The second-order valence-electron chi connectivity index (χ2n) is 16.5. The van der Waals surface area contributed by atoms with Crippen LogP contribution in [0.4, 0.5) is 5.82 Å². The van der Waals surface area contributed by atoms with Gasteiger partial charge in [-0.1, -0.05) is 6.07 Å². The lowest BCUT2D eigenvalue weighted by Crippen LogP contribution is -2.54. The molecular weight excluding hydrogens is 771 g/mol. The number of nitrogens with zero attached hydrogens (tertiary/aromatic N) is 8. The van der Waals surface area contributed by atoms with Crippen molar-refractivity contribution < 1.29 is 33.5 Å². The summed E-state index contributed by atoms with van der Waals surface area (Å²) in [6, 6.07) is 9.35. The third-order valence-electron chi connectivity index (χ3n) is 12.5. The number of benzene rings is 1. The normalized spacial score (nSPS) is 22.7. The van der Waals surface area contributed by atoms with Gasteiger partial charge in [0.05, 0.1) is 17.5 Å². The summed E-state index contributed by atoms with van der Waals surface area (Å²) in [5, 5.41) is 8.92. The molecule has 9 rings (SSSR count). The van der Waals surface area contributed by atoms with Gasteiger partial charge in [-0.2, -0.15) is 0 Å². The van der Waals surface area contributed by atoms with Gasteiger partial charge in [0.25, 0.3) is 23.6 Å². The minimum Gasteiger partial charge on any atom is -0.484 e. The molecule has 0 radical (unpaired) electrons. The molecule has 3 saturated heterocycles. The van der Waals surface area contributed by atoms with Crippen LogP contribution in [0.2, 0.25) is 0 Å². The number of hydrogen-bond acceptors (Lipinski definition) is 13. The van der Waals surface area contributed by atoms with Gasteiger partial charge in [-0.05, 0) is 88.1 Å². The van der Waals surface area contributed by atoms with E-state index in [9.17, 15) is 28.8 Å². The van der Waals surface area contributed by atoms with Gasteiger partial charge in [0.1, 0.15) is 29.3 Å². The molecule has 0 bridgehead atoms. The van der Waals surface area contributed by atoms with Crippen molar-refractivity contribution in [3.05, 3.63) is 71.6 Å². The second-order valence-corrected chi connectivity index (χ2v) is 16.5. The Morgan fingerprint density at radius 2 is 1.67 bits per heavy atom. The molecule has 7 heterocycles. The van der Waals surface area contributed by atoms with Crippen LogP contribution in [0.1, 0.15) is 94.3 Å². The lowest BCUT2D eigenvalue weighted by Gasteiger charge is -2.38. The fourth-order valence-corrected chi connectivity index (χ4v) is 9.05. The van der Waals surface area contributed by atoms with Gasteiger partial charge < -0.3 is 29.7 Å². The Morgan fingerprint density at radius 3 is 2.43 bits per heavy atom. The van der Waals surface area contributed by atoms with E-state index in [0.717, 1.165) is 85.7 Å². The van der Waals surface area contributed by atoms with Gasteiger partial charge in [-0.3, -0.25) is 39.0 Å². The monoisotopic (exact) mass is 817 g/mol. The van der Waals surface area contributed by atoms with Gasteiger partial charge in [0, 0.05) is 63.0 Å². The van der Waals surface area contributed by atoms with E-state index < -0.39 is 29.7 Å². The van der Waals surface area contributed by atoms with Crippen molar-refractivity contribution in [2.24, 2.45) is 5.92 Å². The fourth-order valence-electron chi connectivity index (χ4n) is 9.05. The Balaban J connectivity index is 0.696.